The van der Waals surface area contributed by atoms with Crippen LogP contribution in [-0.4, -0.2) is 24.6 Å². The normalized spacial score (nSPS) is 16.0. The van der Waals surface area contributed by atoms with E-state index in [-0.39, 0.29) is 5.97 Å². The van der Waals surface area contributed by atoms with E-state index < -0.39 is 0 Å². The highest BCUT2D eigenvalue weighted by Crippen LogP contribution is 2.38. The van der Waals surface area contributed by atoms with Crippen molar-refractivity contribution in [1.82, 2.24) is 0 Å². The molecule has 0 atom stereocenters. The highest BCUT2D eigenvalue weighted by atomic mass is 32.2. The average Bonchev–Trinajstić information content (AvgIpc) is 2.35. The van der Waals surface area contributed by atoms with Gasteiger partial charge in [-0.05, 0) is 44.1 Å². The van der Waals surface area contributed by atoms with Crippen LogP contribution >= 0.6 is 23.5 Å². The molecule has 0 N–H and O–H groups in total. The summed E-state index contributed by atoms with van der Waals surface area (Å²) in [5.41, 5.74) is 1.50. The lowest BCUT2D eigenvalue weighted by Gasteiger charge is -2.15. The Morgan fingerprint density at radius 2 is 1.88 bits per heavy atom. The first-order valence-electron chi connectivity index (χ1n) is 5.76. The van der Waals surface area contributed by atoms with Gasteiger partial charge in [0.25, 0.3) is 0 Å². The van der Waals surface area contributed by atoms with Crippen molar-refractivity contribution in [1.29, 1.82) is 0 Å². The first-order chi connectivity index (χ1) is 7.74. The molecule has 0 unspecified atom stereocenters. The third-order valence-corrected chi connectivity index (χ3v) is 5.43. The number of ether oxygens (including phenoxy) is 1. The van der Waals surface area contributed by atoms with Crippen molar-refractivity contribution in [3.8, 4) is 0 Å². The minimum absolute atomic E-state index is 0.0910. The van der Waals surface area contributed by atoms with Crippen molar-refractivity contribution in [2.24, 2.45) is 0 Å². The minimum Gasteiger partial charge on any atom is -0.469 e. The molecule has 0 aliphatic carbocycles. The molecule has 0 radical (unpaired) electrons. The molecule has 0 spiro atoms. The largest absolute Gasteiger partial charge is 0.469 e. The number of carbonyl (C=O) groups excluding carboxylic acids is 1. The standard InChI is InChI=1S/C12H20O2S2/c1-10(12-15-8-5-9-16-12)6-3-4-7-11(13)14-2/h3-9H2,1-2H3. The van der Waals surface area contributed by atoms with Crippen LogP contribution in [0.1, 0.15) is 39.0 Å². The summed E-state index contributed by atoms with van der Waals surface area (Å²) in [5.74, 6) is 2.44. The molecule has 16 heavy (non-hydrogen) atoms. The Labute approximate surface area is 107 Å². The minimum atomic E-state index is -0.0910. The fourth-order valence-corrected chi connectivity index (χ4v) is 4.20. The molecule has 0 aromatic heterocycles. The number of rotatable bonds is 5. The SMILES string of the molecule is COC(=O)CCCCC(C)=C1SCCCS1. The number of unbranched alkanes of at least 4 members (excludes halogenated alkanes) is 1. The summed E-state index contributed by atoms with van der Waals surface area (Å²) in [6.07, 6.45) is 5.03. The highest BCUT2D eigenvalue weighted by molar-refractivity contribution is 8.22. The van der Waals surface area contributed by atoms with Gasteiger partial charge in [-0.1, -0.05) is 5.57 Å². The number of hydrogen-bond donors (Lipinski definition) is 0. The predicted octanol–water partition coefficient (Wildman–Crippen LogP) is 3.82. The summed E-state index contributed by atoms with van der Waals surface area (Å²) in [6, 6.07) is 0. The van der Waals surface area contributed by atoms with E-state index >= 15 is 0 Å². The molecule has 1 fully saturated rings. The number of esters is 1. The van der Waals surface area contributed by atoms with E-state index in [2.05, 4.69) is 11.7 Å². The Bertz CT molecular complexity index is 254. The molecule has 1 aliphatic heterocycles. The van der Waals surface area contributed by atoms with Gasteiger partial charge in [0.2, 0.25) is 0 Å². The summed E-state index contributed by atoms with van der Waals surface area (Å²) in [7, 11) is 1.45. The van der Waals surface area contributed by atoms with E-state index in [1.54, 1.807) is 0 Å². The van der Waals surface area contributed by atoms with Gasteiger partial charge in [0.05, 0.1) is 7.11 Å². The fourth-order valence-electron chi connectivity index (χ4n) is 1.54. The fraction of sp³-hybridized carbons (Fsp3) is 0.750. The summed E-state index contributed by atoms with van der Waals surface area (Å²) in [5, 5.41) is 0. The van der Waals surface area contributed by atoms with Crippen molar-refractivity contribution in [2.45, 2.75) is 39.0 Å². The second-order valence-electron chi connectivity index (χ2n) is 3.90. The second kappa shape index (κ2) is 8.07. The van der Waals surface area contributed by atoms with Gasteiger partial charge in [0, 0.05) is 10.7 Å². The highest BCUT2D eigenvalue weighted by Gasteiger charge is 2.09. The van der Waals surface area contributed by atoms with Crippen LogP contribution in [0.2, 0.25) is 0 Å². The number of thioether (sulfide) groups is 2. The van der Waals surface area contributed by atoms with Crippen LogP contribution in [0.25, 0.3) is 0 Å². The first-order valence-corrected chi connectivity index (χ1v) is 7.73. The number of carbonyl (C=O) groups is 1. The monoisotopic (exact) mass is 260 g/mol. The molecular formula is C12H20O2S2. The molecule has 4 heteroatoms. The third-order valence-electron chi connectivity index (χ3n) is 2.51. The van der Waals surface area contributed by atoms with Crippen molar-refractivity contribution in [2.75, 3.05) is 18.6 Å². The van der Waals surface area contributed by atoms with Gasteiger partial charge in [-0.15, -0.1) is 23.5 Å². The zero-order chi connectivity index (χ0) is 11.8. The zero-order valence-corrected chi connectivity index (χ0v) is 11.7. The maximum Gasteiger partial charge on any atom is 0.305 e. The van der Waals surface area contributed by atoms with E-state index in [0.29, 0.717) is 6.42 Å². The second-order valence-corrected chi connectivity index (χ2v) is 6.37. The molecule has 1 rings (SSSR count). The first kappa shape index (κ1) is 14.0. The maximum atomic E-state index is 10.9. The van der Waals surface area contributed by atoms with Crippen molar-refractivity contribution in [3.05, 3.63) is 9.81 Å². The van der Waals surface area contributed by atoms with Gasteiger partial charge in [0.1, 0.15) is 0 Å². The number of hydrogen-bond acceptors (Lipinski definition) is 4. The molecule has 1 heterocycles. The number of methoxy groups -OCH3 is 1. The van der Waals surface area contributed by atoms with Gasteiger partial charge in [-0.3, -0.25) is 4.79 Å². The Kier molecular flexibility index (Phi) is 7.05. The lowest BCUT2D eigenvalue weighted by molar-refractivity contribution is -0.140. The van der Waals surface area contributed by atoms with Crippen LogP contribution < -0.4 is 0 Å². The van der Waals surface area contributed by atoms with Gasteiger partial charge in [-0.25, -0.2) is 0 Å². The molecule has 2 nitrogen and oxygen atoms in total. The van der Waals surface area contributed by atoms with Crippen molar-refractivity contribution < 1.29 is 9.53 Å². The summed E-state index contributed by atoms with van der Waals surface area (Å²) in [6.45, 7) is 2.22. The van der Waals surface area contributed by atoms with E-state index in [1.165, 1.54) is 34.8 Å². The average molecular weight is 260 g/mol. The van der Waals surface area contributed by atoms with Crippen LogP contribution in [0, 0.1) is 0 Å². The van der Waals surface area contributed by atoms with Crippen molar-refractivity contribution >= 4 is 29.5 Å². The lowest BCUT2D eigenvalue weighted by Crippen LogP contribution is -1.99. The molecule has 0 aromatic rings. The molecule has 0 saturated carbocycles. The Hall–Kier alpha value is -0.0900. The summed E-state index contributed by atoms with van der Waals surface area (Å²) >= 11 is 3.98. The number of allylic oxidation sites excluding steroid dienone is 1. The van der Waals surface area contributed by atoms with Crippen LogP contribution in [0.5, 0.6) is 0 Å². The molecule has 92 valence electrons. The van der Waals surface area contributed by atoms with Gasteiger partial charge in [-0.2, -0.15) is 0 Å². The Morgan fingerprint density at radius 1 is 1.25 bits per heavy atom. The molecule has 0 aromatic carbocycles. The van der Waals surface area contributed by atoms with Crippen LogP contribution in [-0.2, 0) is 9.53 Å². The quantitative estimate of drug-likeness (QED) is 0.554. The van der Waals surface area contributed by atoms with Gasteiger partial charge in [0.15, 0.2) is 0 Å². The zero-order valence-electron chi connectivity index (χ0n) is 10.1. The van der Waals surface area contributed by atoms with E-state index in [0.717, 1.165) is 19.3 Å². The van der Waals surface area contributed by atoms with Gasteiger partial charge >= 0.3 is 5.97 Å². The van der Waals surface area contributed by atoms with Crippen LogP contribution in [0.3, 0.4) is 0 Å². The summed E-state index contributed by atoms with van der Waals surface area (Å²) in [4.78, 5) is 10.9. The molecule has 0 amide bonds. The lowest BCUT2D eigenvalue weighted by atomic mass is 10.1. The predicted molar refractivity (Wildman–Crippen MR) is 72.7 cm³/mol. The smallest absolute Gasteiger partial charge is 0.305 e. The van der Waals surface area contributed by atoms with Crippen LogP contribution in [0.4, 0.5) is 0 Å². The summed E-state index contributed by atoms with van der Waals surface area (Å²) < 4.78 is 6.13. The molecular weight excluding hydrogens is 240 g/mol. The van der Waals surface area contributed by atoms with Crippen LogP contribution in [0.15, 0.2) is 9.81 Å². The Balaban J connectivity index is 2.18. The maximum absolute atomic E-state index is 10.9. The van der Waals surface area contributed by atoms with E-state index in [9.17, 15) is 4.79 Å². The van der Waals surface area contributed by atoms with Crippen molar-refractivity contribution in [3.63, 3.8) is 0 Å². The van der Waals surface area contributed by atoms with Gasteiger partial charge < -0.3 is 4.74 Å². The molecule has 1 aliphatic rings. The van der Waals surface area contributed by atoms with E-state index in [1.807, 2.05) is 23.5 Å². The molecule has 0 bridgehead atoms. The van der Waals surface area contributed by atoms with E-state index in [4.69, 9.17) is 0 Å². The third kappa shape index (κ3) is 5.30. The topological polar surface area (TPSA) is 26.3 Å². The molecule has 1 saturated heterocycles. The Morgan fingerprint density at radius 3 is 2.50 bits per heavy atom.